The lowest BCUT2D eigenvalue weighted by Gasteiger charge is -2.07. The van der Waals surface area contributed by atoms with Crippen molar-refractivity contribution in [1.82, 2.24) is 9.97 Å². The van der Waals surface area contributed by atoms with Crippen LogP contribution < -0.4 is 16.6 Å². The highest BCUT2D eigenvalue weighted by atomic mass is 15.3. The molecule has 4 N–H and O–H groups in total. The molecule has 0 aliphatic rings. The topological polar surface area (TPSA) is 75.9 Å². The van der Waals surface area contributed by atoms with Crippen LogP contribution in [0.4, 0.5) is 11.8 Å². The van der Waals surface area contributed by atoms with Gasteiger partial charge in [0.15, 0.2) is 0 Å². The van der Waals surface area contributed by atoms with Gasteiger partial charge in [0.05, 0.1) is 0 Å². The van der Waals surface area contributed by atoms with E-state index in [-0.39, 0.29) is 0 Å². The van der Waals surface area contributed by atoms with Crippen LogP contribution in [0.1, 0.15) is 46.0 Å². The first kappa shape index (κ1) is 14.7. The fourth-order valence-electron chi connectivity index (χ4n) is 1.77. The average molecular weight is 251 g/mol. The number of nitrogens with one attached hydrogen (secondary N) is 2. The van der Waals surface area contributed by atoms with Crippen LogP contribution in [0.15, 0.2) is 12.3 Å². The summed E-state index contributed by atoms with van der Waals surface area (Å²) >= 11 is 0. The molecule has 0 radical (unpaired) electrons. The summed E-state index contributed by atoms with van der Waals surface area (Å²) in [5, 5.41) is 3.27. The first-order chi connectivity index (χ1) is 8.72. The second kappa shape index (κ2) is 8.69. The number of anilines is 2. The van der Waals surface area contributed by atoms with Crippen LogP contribution in [-0.2, 0) is 0 Å². The molecule has 0 saturated heterocycles. The molecule has 1 aromatic rings. The lowest BCUT2D eigenvalue weighted by atomic mass is 10.0. The highest BCUT2D eigenvalue weighted by Crippen LogP contribution is 2.10. The number of aromatic nitrogens is 2. The van der Waals surface area contributed by atoms with E-state index in [1.165, 1.54) is 32.1 Å². The van der Waals surface area contributed by atoms with Crippen molar-refractivity contribution in [1.29, 1.82) is 0 Å². The van der Waals surface area contributed by atoms with Crippen LogP contribution in [0.25, 0.3) is 0 Å². The van der Waals surface area contributed by atoms with E-state index in [0.717, 1.165) is 18.3 Å². The Labute approximate surface area is 110 Å². The molecule has 1 rings (SSSR count). The van der Waals surface area contributed by atoms with Gasteiger partial charge < -0.3 is 5.32 Å². The molecule has 0 aromatic carbocycles. The monoisotopic (exact) mass is 251 g/mol. The van der Waals surface area contributed by atoms with E-state index in [4.69, 9.17) is 5.84 Å². The molecule has 102 valence electrons. The fraction of sp³-hybridized carbons (Fsp3) is 0.692. The summed E-state index contributed by atoms with van der Waals surface area (Å²) in [6, 6.07) is 1.85. The summed E-state index contributed by atoms with van der Waals surface area (Å²) in [5.74, 6) is 7.34. The van der Waals surface area contributed by atoms with Crippen LogP contribution in [-0.4, -0.2) is 16.5 Å². The predicted octanol–water partition coefficient (Wildman–Crippen LogP) is 2.78. The highest BCUT2D eigenvalue weighted by molar-refractivity contribution is 5.38. The average Bonchev–Trinajstić information content (AvgIpc) is 2.37. The maximum absolute atomic E-state index is 5.25. The van der Waals surface area contributed by atoms with Crippen molar-refractivity contribution >= 4 is 11.8 Å². The summed E-state index contributed by atoms with van der Waals surface area (Å²) in [6.07, 6.45) is 8.13. The van der Waals surface area contributed by atoms with Gasteiger partial charge in [-0.2, -0.15) is 4.98 Å². The third-order valence-corrected chi connectivity index (χ3v) is 2.80. The largest absolute Gasteiger partial charge is 0.370 e. The number of nitrogens with zero attached hydrogens (tertiary/aromatic N) is 2. The molecule has 0 bridgehead atoms. The van der Waals surface area contributed by atoms with E-state index in [9.17, 15) is 0 Å². The zero-order chi connectivity index (χ0) is 13.2. The van der Waals surface area contributed by atoms with Crippen LogP contribution in [0.2, 0.25) is 0 Å². The van der Waals surface area contributed by atoms with Gasteiger partial charge in [0, 0.05) is 12.7 Å². The quantitative estimate of drug-likeness (QED) is 0.357. The number of nitrogens with two attached hydrogens (primary N) is 1. The molecule has 0 aliphatic heterocycles. The van der Waals surface area contributed by atoms with Crippen molar-refractivity contribution < 1.29 is 0 Å². The molecule has 0 aliphatic carbocycles. The molecule has 5 heteroatoms. The number of rotatable bonds is 9. The third kappa shape index (κ3) is 6.39. The Morgan fingerprint density at radius 1 is 1.22 bits per heavy atom. The van der Waals surface area contributed by atoms with Gasteiger partial charge in [-0.05, 0) is 18.4 Å². The summed E-state index contributed by atoms with van der Waals surface area (Å²) in [4.78, 5) is 8.15. The van der Waals surface area contributed by atoms with E-state index < -0.39 is 0 Å². The van der Waals surface area contributed by atoms with E-state index in [0.29, 0.717) is 5.95 Å². The summed E-state index contributed by atoms with van der Waals surface area (Å²) in [5.41, 5.74) is 2.43. The molecule has 0 spiro atoms. The minimum absolute atomic E-state index is 0.442. The van der Waals surface area contributed by atoms with Gasteiger partial charge in [0.2, 0.25) is 5.95 Å². The van der Waals surface area contributed by atoms with Crippen LogP contribution >= 0.6 is 0 Å². The highest BCUT2D eigenvalue weighted by Gasteiger charge is 1.97. The van der Waals surface area contributed by atoms with Gasteiger partial charge in [-0.25, -0.2) is 10.8 Å². The fourth-order valence-corrected chi connectivity index (χ4v) is 1.77. The van der Waals surface area contributed by atoms with Crippen molar-refractivity contribution in [2.45, 2.75) is 46.0 Å². The summed E-state index contributed by atoms with van der Waals surface area (Å²) < 4.78 is 0. The van der Waals surface area contributed by atoms with E-state index in [1.807, 2.05) is 6.07 Å². The molecule has 1 aromatic heterocycles. The number of hydrogen-bond donors (Lipinski definition) is 3. The minimum Gasteiger partial charge on any atom is -0.370 e. The van der Waals surface area contributed by atoms with E-state index in [2.05, 4.69) is 34.6 Å². The van der Waals surface area contributed by atoms with E-state index >= 15 is 0 Å². The van der Waals surface area contributed by atoms with Gasteiger partial charge in [0.25, 0.3) is 0 Å². The number of nitrogen functional groups attached to an aromatic ring is 1. The maximum atomic E-state index is 5.25. The van der Waals surface area contributed by atoms with Gasteiger partial charge in [-0.1, -0.05) is 39.5 Å². The molecule has 18 heavy (non-hydrogen) atoms. The number of unbranched alkanes of at least 4 members (excludes halogenated alkanes) is 3. The summed E-state index contributed by atoms with van der Waals surface area (Å²) in [6.45, 7) is 5.50. The van der Waals surface area contributed by atoms with Crippen LogP contribution in [0, 0.1) is 5.92 Å². The smallest absolute Gasteiger partial charge is 0.239 e. The number of hydrogen-bond acceptors (Lipinski definition) is 5. The molecule has 0 atom stereocenters. The lowest BCUT2D eigenvalue weighted by molar-refractivity contribution is 0.523. The zero-order valence-electron chi connectivity index (χ0n) is 11.4. The molecule has 0 saturated carbocycles. The molecular weight excluding hydrogens is 226 g/mol. The van der Waals surface area contributed by atoms with Crippen molar-refractivity contribution in [3.63, 3.8) is 0 Å². The van der Waals surface area contributed by atoms with Gasteiger partial charge in [0.1, 0.15) is 5.82 Å². The van der Waals surface area contributed by atoms with Crippen molar-refractivity contribution in [3.05, 3.63) is 12.3 Å². The molecule has 0 amide bonds. The first-order valence-electron chi connectivity index (χ1n) is 6.76. The zero-order valence-corrected chi connectivity index (χ0v) is 11.4. The maximum Gasteiger partial charge on any atom is 0.239 e. The molecule has 0 unspecified atom stereocenters. The molecule has 5 nitrogen and oxygen atoms in total. The normalized spacial score (nSPS) is 10.7. The standard InChI is InChI=1S/C13H25N5/c1-11(2)7-5-3-4-6-9-15-12-8-10-16-13(17-12)18-14/h8,10-11H,3-7,9,14H2,1-2H3,(H2,15,16,17,18). The van der Waals surface area contributed by atoms with Crippen molar-refractivity contribution in [3.8, 4) is 0 Å². The molecule has 0 fully saturated rings. The van der Waals surface area contributed by atoms with Crippen LogP contribution in [0.5, 0.6) is 0 Å². The lowest BCUT2D eigenvalue weighted by Crippen LogP contribution is -2.12. The Hall–Kier alpha value is -1.36. The SMILES string of the molecule is CC(C)CCCCCCNc1ccnc(NN)n1. The summed E-state index contributed by atoms with van der Waals surface area (Å²) in [7, 11) is 0. The minimum atomic E-state index is 0.442. The Morgan fingerprint density at radius 2 is 2.00 bits per heavy atom. The second-order valence-electron chi connectivity index (χ2n) is 4.93. The Kier molecular flexibility index (Phi) is 7.10. The predicted molar refractivity (Wildman–Crippen MR) is 76.3 cm³/mol. The van der Waals surface area contributed by atoms with E-state index in [1.54, 1.807) is 6.20 Å². The first-order valence-corrected chi connectivity index (χ1v) is 6.76. The Balaban J connectivity index is 2.06. The Morgan fingerprint density at radius 3 is 2.72 bits per heavy atom. The Bertz CT molecular complexity index is 327. The third-order valence-electron chi connectivity index (χ3n) is 2.80. The van der Waals surface area contributed by atoms with Crippen molar-refractivity contribution in [2.75, 3.05) is 17.3 Å². The molecular formula is C13H25N5. The molecule has 1 heterocycles. The van der Waals surface area contributed by atoms with Crippen LogP contribution in [0.3, 0.4) is 0 Å². The van der Waals surface area contributed by atoms with Gasteiger partial charge in [-0.15, -0.1) is 0 Å². The second-order valence-corrected chi connectivity index (χ2v) is 4.93. The van der Waals surface area contributed by atoms with Gasteiger partial charge in [-0.3, -0.25) is 5.43 Å². The van der Waals surface area contributed by atoms with Crippen molar-refractivity contribution in [2.24, 2.45) is 11.8 Å². The number of hydrazine groups is 1. The van der Waals surface area contributed by atoms with Gasteiger partial charge >= 0.3 is 0 Å².